The molecule has 2 heterocycles. The quantitative estimate of drug-likeness (QED) is 0.143. The van der Waals surface area contributed by atoms with Crippen molar-refractivity contribution in [1.29, 1.82) is 0 Å². The van der Waals surface area contributed by atoms with Gasteiger partial charge in [0.15, 0.2) is 5.78 Å². The van der Waals surface area contributed by atoms with Gasteiger partial charge in [-0.15, -0.1) is 0 Å². The number of aromatic amines is 2. The van der Waals surface area contributed by atoms with Crippen molar-refractivity contribution in [2.45, 2.75) is 0 Å². The van der Waals surface area contributed by atoms with Crippen molar-refractivity contribution in [2.75, 3.05) is 0 Å². The molecule has 38 heavy (non-hydrogen) atoms. The average Bonchev–Trinajstić information content (AvgIpc) is 3.56. The summed E-state index contributed by atoms with van der Waals surface area (Å²) < 4.78 is 0. The average molecular weight is 502 g/mol. The number of aromatic nitrogens is 2. The number of ketones is 1. The second-order valence-electron chi connectivity index (χ2n) is 8.91. The summed E-state index contributed by atoms with van der Waals surface area (Å²) in [5, 5.41) is 23.6. The molecule has 4 aromatic carbocycles. The van der Waals surface area contributed by atoms with E-state index in [9.17, 15) is 25.0 Å². The van der Waals surface area contributed by atoms with Gasteiger partial charge < -0.3 is 9.97 Å². The number of non-ortho nitro benzene ring substituents is 2. The Morgan fingerprint density at radius 2 is 1.03 bits per heavy atom. The van der Waals surface area contributed by atoms with Gasteiger partial charge in [-0.25, -0.2) is 0 Å². The Bertz CT molecular complexity index is 1780. The fourth-order valence-corrected chi connectivity index (χ4v) is 4.60. The number of hydrogen-bond acceptors (Lipinski definition) is 5. The van der Waals surface area contributed by atoms with Crippen LogP contribution in [-0.2, 0) is 0 Å². The molecule has 6 rings (SSSR count). The van der Waals surface area contributed by atoms with Crippen LogP contribution in [0.2, 0.25) is 0 Å². The Kier molecular flexibility index (Phi) is 5.31. The van der Waals surface area contributed by atoms with Crippen LogP contribution in [0.5, 0.6) is 0 Å². The highest BCUT2D eigenvalue weighted by molar-refractivity contribution is 6.10. The van der Waals surface area contributed by atoms with E-state index in [1.54, 1.807) is 48.5 Å². The number of hydrogen-bond donors (Lipinski definition) is 2. The number of carbonyl (C=O) groups excluding carboxylic acids is 1. The normalized spacial score (nSPS) is 11.2. The van der Waals surface area contributed by atoms with Crippen molar-refractivity contribution in [3.63, 3.8) is 0 Å². The third-order valence-corrected chi connectivity index (χ3v) is 6.50. The van der Waals surface area contributed by atoms with Crippen molar-refractivity contribution in [3.8, 4) is 22.5 Å². The molecule has 0 aliphatic rings. The molecule has 0 saturated heterocycles. The maximum Gasteiger partial charge on any atom is 0.270 e. The monoisotopic (exact) mass is 502 g/mol. The SMILES string of the molecule is O=C(c1cccc(-c2cc3cc([N+](=O)[O-])ccc3[nH]2)c1)c1cccc(-c2cc3cc([N+](=O)[O-])ccc3[nH]2)c1. The van der Waals surface area contributed by atoms with Gasteiger partial charge in [0.05, 0.1) is 9.85 Å². The van der Waals surface area contributed by atoms with Crippen LogP contribution in [0, 0.1) is 20.2 Å². The van der Waals surface area contributed by atoms with Crippen molar-refractivity contribution < 1.29 is 14.6 Å². The Morgan fingerprint density at radius 1 is 0.579 bits per heavy atom. The Hall–Kier alpha value is -5.57. The Labute approximate surface area is 214 Å². The smallest absolute Gasteiger partial charge is 0.270 e. The van der Waals surface area contributed by atoms with E-state index in [1.165, 1.54) is 24.3 Å². The minimum Gasteiger partial charge on any atom is -0.355 e. The number of nitrogens with zero attached hydrogens (tertiary/aromatic N) is 2. The summed E-state index contributed by atoms with van der Waals surface area (Å²) in [6.45, 7) is 0. The minimum atomic E-state index is -0.431. The lowest BCUT2D eigenvalue weighted by molar-refractivity contribution is -0.384. The lowest BCUT2D eigenvalue weighted by Gasteiger charge is -2.06. The number of carbonyl (C=O) groups is 1. The van der Waals surface area contributed by atoms with E-state index in [2.05, 4.69) is 9.97 Å². The highest BCUT2D eigenvalue weighted by Gasteiger charge is 2.15. The van der Waals surface area contributed by atoms with E-state index in [0.717, 1.165) is 33.5 Å². The second kappa shape index (κ2) is 8.82. The molecular formula is C29H18N4O5. The molecule has 2 N–H and O–H groups in total. The number of rotatable bonds is 6. The molecule has 184 valence electrons. The van der Waals surface area contributed by atoms with Gasteiger partial charge in [-0.05, 0) is 47.5 Å². The molecule has 0 aliphatic carbocycles. The number of nitrogens with one attached hydrogen (secondary N) is 2. The molecule has 0 atom stereocenters. The molecule has 9 nitrogen and oxygen atoms in total. The standard InChI is InChI=1S/C29H18N4O5/c34-29(19-5-1-3-17(11-19)27-15-21-13-23(32(35)36)7-9-25(21)30-27)20-6-2-4-18(12-20)28-16-22-14-24(33(37)38)8-10-26(22)31-28/h1-16,30-31H. The van der Waals surface area contributed by atoms with Crippen LogP contribution in [0.3, 0.4) is 0 Å². The fraction of sp³-hybridized carbons (Fsp3) is 0. The first-order valence-corrected chi connectivity index (χ1v) is 11.7. The zero-order valence-electron chi connectivity index (χ0n) is 19.7. The summed E-state index contributed by atoms with van der Waals surface area (Å²) in [5.74, 6) is -0.160. The van der Waals surface area contributed by atoms with Crippen molar-refractivity contribution >= 4 is 39.0 Å². The van der Waals surface area contributed by atoms with Crippen LogP contribution in [0.4, 0.5) is 11.4 Å². The van der Waals surface area contributed by atoms with Crippen LogP contribution in [-0.4, -0.2) is 25.6 Å². The highest BCUT2D eigenvalue weighted by atomic mass is 16.6. The predicted molar refractivity (Wildman–Crippen MR) is 144 cm³/mol. The first-order valence-electron chi connectivity index (χ1n) is 11.7. The second-order valence-corrected chi connectivity index (χ2v) is 8.91. The third-order valence-electron chi connectivity index (χ3n) is 6.50. The molecular weight excluding hydrogens is 484 g/mol. The van der Waals surface area contributed by atoms with Crippen molar-refractivity contribution in [2.24, 2.45) is 0 Å². The van der Waals surface area contributed by atoms with Crippen LogP contribution < -0.4 is 0 Å². The fourth-order valence-electron chi connectivity index (χ4n) is 4.60. The van der Waals surface area contributed by atoms with E-state index in [4.69, 9.17) is 0 Å². The molecule has 0 aliphatic heterocycles. The topological polar surface area (TPSA) is 135 Å². The van der Waals surface area contributed by atoms with Gasteiger partial charge in [-0.1, -0.05) is 36.4 Å². The zero-order valence-corrected chi connectivity index (χ0v) is 19.7. The van der Waals surface area contributed by atoms with Gasteiger partial charge in [0.25, 0.3) is 11.4 Å². The summed E-state index contributed by atoms with van der Waals surface area (Å²) in [5.41, 5.74) is 5.60. The molecule has 9 heteroatoms. The summed E-state index contributed by atoms with van der Waals surface area (Å²) in [7, 11) is 0. The van der Waals surface area contributed by atoms with Crippen LogP contribution >= 0.6 is 0 Å². The molecule has 0 amide bonds. The third kappa shape index (κ3) is 4.07. The molecule has 0 unspecified atom stereocenters. The van der Waals surface area contributed by atoms with Gasteiger partial charge in [0.1, 0.15) is 0 Å². The summed E-state index contributed by atoms with van der Waals surface area (Å²) in [4.78, 5) is 41.3. The first kappa shape index (κ1) is 22.9. The number of nitro groups is 2. The van der Waals surface area contributed by atoms with Gasteiger partial charge in [0.2, 0.25) is 0 Å². The van der Waals surface area contributed by atoms with Gasteiger partial charge >= 0.3 is 0 Å². The largest absolute Gasteiger partial charge is 0.355 e. The Balaban J connectivity index is 1.32. The number of H-pyrrole nitrogens is 2. The maximum atomic E-state index is 13.4. The van der Waals surface area contributed by atoms with Gasteiger partial charge in [-0.2, -0.15) is 0 Å². The van der Waals surface area contributed by atoms with Crippen LogP contribution in [0.25, 0.3) is 44.3 Å². The molecule has 0 radical (unpaired) electrons. The summed E-state index contributed by atoms with van der Waals surface area (Å²) in [6.07, 6.45) is 0. The molecule has 0 bridgehead atoms. The molecule has 0 spiro atoms. The molecule has 2 aromatic heterocycles. The van der Waals surface area contributed by atoms with Gasteiger partial charge in [0, 0.05) is 68.6 Å². The first-order chi connectivity index (χ1) is 18.4. The van der Waals surface area contributed by atoms with Crippen LogP contribution in [0.15, 0.2) is 97.1 Å². The lowest BCUT2D eigenvalue weighted by Crippen LogP contribution is -2.01. The molecule has 6 aromatic rings. The van der Waals surface area contributed by atoms with Gasteiger partial charge in [-0.3, -0.25) is 25.0 Å². The lowest BCUT2D eigenvalue weighted by atomic mass is 9.98. The van der Waals surface area contributed by atoms with Crippen molar-refractivity contribution in [1.82, 2.24) is 9.97 Å². The molecule has 0 fully saturated rings. The highest BCUT2D eigenvalue weighted by Crippen LogP contribution is 2.30. The van der Waals surface area contributed by atoms with E-state index in [1.807, 2.05) is 24.3 Å². The zero-order chi connectivity index (χ0) is 26.4. The summed E-state index contributed by atoms with van der Waals surface area (Å²) in [6, 6.07) is 27.3. The maximum absolute atomic E-state index is 13.4. The Morgan fingerprint density at radius 3 is 1.45 bits per heavy atom. The molecule has 0 saturated carbocycles. The van der Waals surface area contributed by atoms with E-state index >= 15 is 0 Å². The predicted octanol–water partition coefficient (Wildman–Crippen LogP) is 7.03. The van der Waals surface area contributed by atoms with E-state index < -0.39 is 9.85 Å². The van der Waals surface area contributed by atoms with E-state index in [0.29, 0.717) is 21.9 Å². The van der Waals surface area contributed by atoms with Crippen LogP contribution in [0.1, 0.15) is 15.9 Å². The summed E-state index contributed by atoms with van der Waals surface area (Å²) >= 11 is 0. The number of nitro benzene ring substituents is 2. The minimum absolute atomic E-state index is 0.0139. The number of benzene rings is 4. The van der Waals surface area contributed by atoms with Crippen molar-refractivity contribution in [3.05, 3.63) is 128 Å². The number of fused-ring (bicyclic) bond motifs is 2. The van der Waals surface area contributed by atoms with E-state index in [-0.39, 0.29) is 17.2 Å².